The highest BCUT2D eigenvalue weighted by Crippen LogP contribution is 2.30. The molecule has 0 aromatic carbocycles. The lowest BCUT2D eigenvalue weighted by Gasteiger charge is -2.16. The second-order valence-electron chi connectivity index (χ2n) is 3.35. The predicted molar refractivity (Wildman–Crippen MR) is 63.5 cm³/mol. The maximum Gasteiger partial charge on any atom is 0.326 e. The molecule has 2 heterocycles. The third-order valence-electron chi connectivity index (χ3n) is 2.13. The van der Waals surface area contributed by atoms with Crippen molar-refractivity contribution in [2.75, 3.05) is 0 Å². The van der Waals surface area contributed by atoms with E-state index in [2.05, 4.69) is 9.97 Å². The summed E-state index contributed by atoms with van der Waals surface area (Å²) in [7, 11) is 0. The van der Waals surface area contributed by atoms with Crippen LogP contribution in [0.1, 0.15) is 10.9 Å². The van der Waals surface area contributed by atoms with Gasteiger partial charge in [0.05, 0.1) is 0 Å². The van der Waals surface area contributed by atoms with E-state index < -0.39 is 24.5 Å². The Morgan fingerprint density at radius 3 is 2.37 bits per heavy atom. The number of ether oxygens (including phenoxy) is 1. The van der Waals surface area contributed by atoms with Crippen molar-refractivity contribution in [3.63, 3.8) is 0 Å². The van der Waals surface area contributed by atoms with Gasteiger partial charge in [0, 0.05) is 23.2 Å². The fourth-order valence-corrected chi connectivity index (χ4v) is 2.56. The molecule has 2 rings (SSSR count). The Morgan fingerprint density at radius 1 is 1.16 bits per heavy atom. The molecular weight excluding hydrogens is 301 g/mol. The molecule has 0 amide bonds. The maximum absolute atomic E-state index is 13.5. The highest BCUT2D eigenvalue weighted by molar-refractivity contribution is 7.11. The number of esters is 1. The third kappa shape index (κ3) is 3.29. The number of carbonyl (C=O) groups excluding carboxylic acids is 1. The molecular formula is C10H7F3N2O2S2. The number of thiazole rings is 2. The molecule has 9 heteroatoms. The first-order chi connectivity index (χ1) is 9.09. The van der Waals surface area contributed by atoms with E-state index in [-0.39, 0.29) is 10.2 Å². The Bertz CT molecular complexity index is 519. The number of hydrogen-bond donors (Lipinski definition) is 0. The minimum Gasteiger partial charge on any atom is -0.397 e. The van der Waals surface area contributed by atoms with Gasteiger partial charge in [-0.2, -0.15) is 0 Å². The van der Waals surface area contributed by atoms with Crippen molar-refractivity contribution in [2.24, 2.45) is 0 Å². The summed E-state index contributed by atoms with van der Waals surface area (Å²) in [5.41, 5.74) is 0. The van der Waals surface area contributed by atoms with Gasteiger partial charge < -0.3 is 4.74 Å². The van der Waals surface area contributed by atoms with E-state index in [1.807, 2.05) is 0 Å². The first kappa shape index (κ1) is 13.9. The number of carbonyl (C=O) groups is 1. The molecule has 0 aliphatic heterocycles. The standard InChI is InChI=1S/C10H7F3N2O2S2/c11-6(7(12)13)5(8-14-1-3-18-8)9(16)17-10-15-2-4-19-10/h1-7H. The number of halogens is 3. The summed E-state index contributed by atoms with van der Waals surface area (Å²) in [6, 6.07) is 0. The molecule has 2 aromatic rings. The molecule has 2 unspecified atom stereocenters. The molecule has 0 aliphatic carbocycles. The summed E-state index contributed by atoms with van der Waals surface area (Å²) in [5, 5.41) is 2.94. The lowest BCUT2D eigenvalue weighted by Crippen LogP contribution is -2.31. The zero-order chi connectivity index (χ0) is 13.8. The van der Waals surface area contributed by atoms with Gasteiger partial charge in [-0.05, 0) is 0 Å². The van der Waals surface area contributed by atoms with Crippen LogP contribution in [-0.4, -0.2) is 28.5 Å². The van der Waals surface area contributed by atoms with Crippen molar-refractivity contribution in [1.82, 2.24) is 9.97 Å². The van der Waals surface area contributed by atoms with Gasteiger partial charge in [-0.25, -0.2) is 23.1 Å². The summed E-state index contributed by atoms with van der Waals surface area (Å²) in [4.78, 5) is 19.2. The number of alkyl halides is 3. The Labute approximate surface area is 113 Å². The van der Waals surface area contributed by atoms with Crippen LogP contribution in [0.5, 0.6) is 5.19 Å². The Kier molecular flexibility index (Phi) is 4.48. The van der Waals surface area contributed by atoms with Crippen molar-refractivity contribution >= 4 is 28.6 Å². The summed E-state index contributed by atoms with van der Waals surface area (Å²) >= 11 is 1.92. The molecule has 0 N–H and O–H groups in total. The van der Waals surface area contributed by atoms with E-state index in [9.17, 15) is 18.0 Å². The number of nitrogens with zero attached hydrogens (tertiary/aromatic N) is 2. The minimum absolute atomic E-state index is 0.0203. The van der Waals surface area contributed by atoms with Crippen molar-refractivity contribution in [3.8, 4) is 5.19 Å². The molecule has 0 bridgehead atoms. The van der Waals surface area contributed by atoms with Gasteiger partial charge in [-0.1, -0.05) is 11.3 Å². The third-order valence-corrected chi connectivity index (χ3v) is 3.63. The van der Waals surface area contributed by atoms with Gasteiger partial charge in [-0.15, -0.1) is 11.3 Å². The molecule has 0 saturated carbocycles. The summed E-state index contributed by atoms with van der Waals surface area (Å²) in [6.45, 7) is 0. The van der Waals surface area contributed by atoms with Crippen LogP contribution in [0.2, 0.25) is 0 Å². The second-order valence-corrected chi connectivity index (χ2v) is 5.13. The summed E-state index contributed by atoms with van der Waals surface area (Å²) in [5.74, 6) is -2.87. The van der Waals surface area contributed by atoms with Gasteiger partial charge in [0.25, 0.3) is 11.6 Å². The van der Waals surface area contributed by atoms with E-state index in [1.165, 1.54) is 17.8 Å². The van der Waals surface area contributed by atoms with Crippen LogP contribution < -0.4 is 4.74 Å². The molecule has 0 fully saturated rings. The largest absolute Gasteiger partial charge is 0.397 e. The predicted octanol–water partition coefficient (Wildman–Crippen LogP) is 2.89. The molecule has 4 nitrogen and oxygen atoms in total. The van der Waals surface area contributed by atoms with E-state index in [0.29, 0.717) is 0 Å². The highest BCUT2D eigenvalue weighted by Gasteiger charge is 2.40. The number of rotatable bonds is 5. The van der Waals surface area contributed by atoms with E-state index in [1.54, 1.807) is 5.38 Å². The van der Waals surface area contributed by atoms with E-state index in [0.717, 1.165) is 22.7 Å². The molecule has 2 atom stereocenters. The smallest absolute Gasteiger partial charge is 0.326 e. The van der Waals surface area contributed by atoms with Gasteiger partial charge in [0.1, 0.15) is 10.9 Å². The lowest BCUT2D eigenvalue weighted by molar-refractivity contribution is -0.139. The van der Waals surface area contributed by atoms with E-state index >= 15 is 0 Å². The number of hydrogen-bond acceptors (Lipinski definition) is 6. The molecule has 19 heavy (non-hydrogen) atoms. The van der Waals surface area contributed by atoms with Crippen molar-refractivity contribution in [2.45, 2.75) is 18.5 Å². The topological polar surface area (TPSA) is 52.1 Å². The SMILES string of the molecule is O=C(Oc1nccs1)C(c1nccs1)C(F)C(F)F. The Morgan fingerprint density at radius 2 is 1.84 bits per heavy atom. The van der Waals surface area contributed by atoms with Crippen LogP contribution in [0.15, 0.2) is 23.2 Å². The van der Waals surface area contributed by atoms with Crippen LogP contribution in [0.25, 0.3) is 0 Å². The highest BCUT2D eigenvalue weighted by atomic mass is 32.1. The van der Waals surface area contributed by atoms with Crippen LogP contribution in [0.3, 0.4) is 0 Å². The molecule has 2 aromatic heterocycles. The van der Waals surface area contributed by atoms with Crippen LogP contribution >= 0.6 is 22.7 Å². The molecule has 0 saturated heterocycles. The van der Waals surface area contributed by atoms with E-state index in [4.69, 9.17) is 4.74 Å². The van der Waals surface area contributed by atoms with Gasteiger partial charge in [-0.3, -0.25) is 4.79 Å². The number of aromatic nitrogens is 2. The fourth-order valence-electron chi connectivity index (χ4n) is 1.31. The van der Waals surface area contributed by atoms with Crippen LogP contribution in [0.4, 0.5) is 13.2 Å². The Hall–Kier alpha value is -1.48. The average Bonchev–Trinajstić information content (AvgIpc) is 3.02. The monoisotopic (exact) mass is 308 g/mol. The average molecular weight is 308 g/mol. The van der Waals surface area contributed by atoms with Gasteiger partial charge in [0.2, 0.25) is 0 Å². The Balaban J connectivity index is 2.20. The van der Waals surface area contributed by atoms with Crippen LogP contribution in [0, 0.1) is 0 Å². The first-order valence-corrected chi connectivity index (χ1v) is 6.78. The second kappa shape index (κ2) is 6.11. The quantitative estimate of drug-likeness (QED) is 0.797. The summed E-state index contributed by atoms with van der Waals surface area (Å²) < 4.78 is 43.3. The first-order valence-electron chi connectivity index (χ1n) is 5.02. The van der Waals surface area contributed by atoms with Crippen molar-refractivity contribution in [3.05, 3.63) is 28.2 Å². The zero-order valence-corrected chi connectivity index (χ0v) is 10.8. The van der Waals surface area contributed by atoms with Crippen LogP contribution in [-0.2, 0) is 4.79 Å². The molecule has 0 spiro atoms. The van der Waals surface area contributed by atoms with Crippen molar-refractivity contribution < 1.29 is 22.7 Å². The summed E-state index contributed by atoms with van der Waals surface area (Å²) in [6.07, 6.45) is -3.27. The fraction of sp³-hybridized carbons (Fsp3) is 0.300. The maximum atomic E-state index is 13.5. The normalized spacial score (nSPS) is 14.3. The van der Waals surface area contributed by atoms with Crippen molar-refractivity contribution in [1.29, 1.82) is 0 Å². The molecule has 0 aliphatic rings. The zero-order valence-electron chi connectivity index (χ0n) is 9.20. The minimum atomic E-state index is -3.29. The molecule has 0 radical (unpaired) electrons. The van der Waals surface area contributed by atoms with Gasteiger partial charge in [0.15, 0.2) is 6.17 Å². The molecule has 102 valence electrons. The lowest BCUT2D eigenvalue weighted by atomic mass is 10.1. The van der Waals surface area contributed by atoms with Gasteiger partial charge >= 0.3 is 5.97 Å².